The highest BCUT2D eigenvalue weighted by Gasteiger charge is 2.21. The Bertz CT molecular complexity index is 427. The van der Waals surface area contributed by atoms with E-state index in [4.69, 9.17) is 5.73 Å². The van der Waals surface area contributed by atoms with Crippen molar-refractivity contribution >= 4 is 11.6 Å². The van der Waals surface area contributed by atoms with E-state index in [-0.39, 0.29) is 12.5 Å². The minimum absolute atomic E-state index is 0.0548. The van der Waals surface area contributed by atoms with Gasteiger partial charge in [0.15, 0.2) is 0 Å². The molecule has 0 aliphatic rings. The Morgan fingerprint density at radius 1 is 1.35 bits per heavy atom. The fraction of sp³-hybridized carbons (Fsp3) is 0.533. The Morgan fingerprint density at radius 2 is 1.95 bits per heavy atom. The van der Waals surface area contributed by atoms with Crippen LogP contribution in [0.15, 0.2) is 24.3 Å². The molecule has 4 N–H and O–H groups in total. The van der Waals surface area contributed by atoms with Crippen LogP contribution in [0.2, 0.25) is 0 Å². The minimum atomic E-state index is -0.916. The van der Waals surface area contributed by atoms with Gasteiger partial charge >= 0.3 is 0 Å². The van der Waals surface area contributed by atoms with Gasteiger partial charge in [0.25, 0.3) is 0 Å². The first-order valence-electron chi connectivity index (χ1n) is 6.77. The average Bonchev–Trinajstić information content (AvgIpc) is 2.34. The number of amides is 1. The summed E-state index contributed by atoms with van der Waals surface area (Å²) < 4.78 is 0. The number of hydrogen-bond donors (Lipinski definition) is 3. The van der Waals surface area contributed by atoms with E-state index in [1.165, 1.54) is 0 Å². The molecule has 1 aromatic carbocycles. The molecule has 1 amide bonds. The Hall–Kier alpha value is -1.59. The maximum absolute atomic E-state index is 11.8. The van der Waals surface area contributed by atoms with Gasteiger partial charge in [-0.2, -0.15) is 0 Å². The zero-order valence-electron chi connectivity index (χ0n) is 12.5. The van der Waals surface area contributed by atoms with Crippen LogP contribution in [-0.2, 0) is 11.2 Å². The third-order valence-electron chi connectivity index (χ3n) is 2.94. The number of aliphatic hydroxyl groups is 1. The lowest BCUT2D eigenvalue weighted by Crippen LogP contribution is -2.47. The lowest BCUT2D eigenvalue weighted by Gasteiger charge is -2.27. The summed E-state index contributed by atoms with van der Waals surface area (Å²) in [6.45, 7) is 2.48. The van der Waals surface area contributed by atoms with Crippen LogP contribution in [0, 0.1) is 0 Å². The van der Waals surface area contributed by atoms with Crippen molar-refractivity contribution in [3.8, 4) is 0 Å². The fourth-order valence-electron chi connectivity index (χ4n) is 2.06. The highest BCUT2D eigenvalue weighted by atomic mass is 16.3. The minimum Gasteiger partial charge on any atom is -0.399 e. The highest BCUT2D eigenvalue weighted by Crippen LogP contribution is 2.08. The molecule has 1 aromatic rings. The summed E-state index contributed by atoms with van der Waals surface area (Å²) in [5, 5.41) is 12.8. The lowest BCUT2D eigenvalue weighted by molar-refractivity contribution is -0.122. The molecular weight excluding hydrogens is 254 g/mol. The van der Waals surface area contributed by atoms with Crippen molar-refractivity contribution in [2.75, 3.05) is 32.9 Å². The molecule has 0 bridgehead atoms. The number of nitrogens with two attached hydrogens (primary N) is 1. The number of likely N-dealkylation sites (N-methyl/N-ethyl adjacent to an activating group) is 1. The Morgan fingerprint density at radius 3 is 2.50 bits per heavy atom. The van der Waals surface area contributed by atoms with Crippen molar-refractivity contribution < 1.29 is 9.90 Å². The van der Waals surface area contributed by atoms with Gasteiger partial charge in [0.2, 0.25) is 5.91 Å². The van der Waals surface area contributed by atoms with E-state index in [1.807, 2.05) is 43.3 Å². The highest BCUT2D eigenvalue weighted by molar-refractivity contribution is 5.76. The van der Waals surface area contributed by atoms with Crippen molar-refractivity contribution in [3.05, 3.63) is 29.8 Å². The second-order valence-corrected chi connectivity index (χ2v) is 5.75. The number of nitrogen functional groups attached to an aromatic ring is 1. The molecule has 1 rings (SSSR count). The van der Waals surface area contributed by atoms with Crippen molar-refractivity contribution in [1.29, 1.82) is 0 Å². The SMILES string of the molecule is CN(C)CC(C)(O)CNC(=O)CCc1ccc(N)cc1. The summed E-state index contributed by atoms with van der Waals surface area (Å²) in [4.78, 5) is 13.6. The molecule has 20 heavy (non-hydrogen) atoms. The molecule has 1 atom stereocenters. The number of anilines is 1. The van der Waals surface area contributed by atoms with Crippen LogP contribution >= 0.6 is 0 Å². The maximum Gasteiger partial charge on any atom is 0.220 e. The summed E-state index contributed by atoms with van der Waals surface area (Å²) in [5.74, 6) is -0.0548. The standard InChI is InChI=1S/C15H25N3O2/c1-15(20,11-18(2)3)10-17-14(19)9-6-12-4-7-13(16)8-5-12/h4-5,7-8,20H,6,9-11,16H2,1-3H3,(H,17,19). The summed E-state index contributed by atoms with van der Waals surface area (Å²) in [6.07, 6.45) is 1.07. The molecule has 0 aliphatic heterocycles. The van der Waals surface area contributed by atoms with Gasteiger partial charge in [-0.25, -0.2) is 0 Å². The molecule has 0 heterocycles. The Labute approximate surface area is 120 Å². The normalized spacial score (nSPS) is 14.1. The molecule has 112 valence electrons. The van der Waals surface area contributed by atoms with E-state index >= 15 is 0 Å². The second kappa shape index (κ2) is 7.26. The quantitative estimate of drug-likeness (QED) is 0.640. The molecule has 0 radical (unpaired) electrons. The predicted octanol–water partition coefficient (Wildman–Crippen LogP) is 0.630. The van der Waals surface area contributed by atoms with E-state index in [9.17, 15) is 9.90 Å². The van der Waals surface area contributed by atoms with Crippen LogP contribution in [-0.4, -0.2) is 48.7 Å². The van der Waals surface area contributed by atoms with Gasteiger partial charge in [0.1, 0.15) is 0 Å². The van der Waals surface area contributed by atoms with Crippen molar-refractivity contribution in [2.45, 2.75) is 25.4 Å². The van der Waals surface area contributed by atoms with E-state index < -0.39 is 5.60 Å². The van der Waals surface area contributed by atoms with Gasteiger partial charge in [-0.15, -0.1) is 0 Å². The van der Waals surface area contributed by atoms with Gasteiger partial charge < -0.3 is 21.1 Å². The summed E-state index contributed by atoms with van der Waals surface area (Å²) in [5.41, 5.74) is 6.49. The molecule has 1 unspecified atom stereocenters. The van der Waals surface area contributed by atoms with Crippen molar-refractivity contribution in [2.24, 2.45) is 0 Å². The lowest BCUT2D eigenvalue weighted by atomic mass is 10.1. The number of aryl methyl sites for hydroxylation is 1. The third kappa shape index (κ3) is 6.54. The maximum atomic E-state index is 11.8. The molecule has 0 spiro atoms. The smallest absolute Gasteiger partial charge is 0.220 e. The number of carbonyl (C=O) groups is 1. The van der Waals surface area contributed by atoms with Crippen molar-refractivity contribution in [1.82, 2.24) is 10.2 Å². The molecule has 0 aliphatic carbocycles. The van der Waals surface area contributed by atoms with Gasteiger partial charge in [0.05, 0.1) is 5.60 Å². The molecular formula is C15H25N3O2. The van der Waals surface area contributed by atoms with E-state index in [0.29, 0.717) is 19.4 Å². The van der Waals surface area contributed by atoms with Gasteiger partial charge in [0, 0.05) is 25.2 Å². The van der Waals surface area contributed by atoms with Gasteiger partial charge in [-0.1, -0.05) is 12.1 Å². The third-order valence-corrected chi connectivity index (χ3v) is 2.94. The van der Waals surface area contributed by atoms with Crippen LogP contribution in [0.25, 0.3) is 0 Å². The zero-order valence-corrected chi connectivity index (χ0v) is 12.5. The topological polar surface area (TPSA) is 78.6 Å². The summed E-state index contributed by atoms with van der Waals surface area (Å²) in [6, 6.07) is 7.50. The van der Waals surface area contributed by atoms with Crippen LogP contribution < -0.4 is 11.1 Å². The Balaban J connectivity index is 2.32. The van der Waals surface area contributed by atoms with Crippen molar-refractivity contribution in [3.63, 3.8) is 0 Å². The van der Waals surface area contributed by atoms with E-state index in [1.54, 1.807) is 6.92 Å². The van der Waals surface area contributed by atoms with Crippen LogP contribution in [0.5, 0.6) is 0 Å². The second-order valence-electron chi connectivity index (χ2n) is 5.75. The number of hydrogen-bond acceptors (Lipinski definition) is 4. The zero-order chi connectivity index (χ0) is 15.2. The number of nitrogens with zero attached hydrogens (tertiary/aromatic N) is 1. The number of rotatable bonds is 7. The van der Waals surface area contributed by atoms with Crippen LogP contribution in [0.4, 0.5) is 5.69 Å². The predicted molar refractivity (Wildman–Crippen MR) is 81.4 cm³/mol. The first-order chi connectivity index (χ1) is 9.28. The number of benzene rings is 1. The summed E-state index contributed by atoms with van der Waals surface area (Å²) in [7, 11) is 3.77. The average molecular weight is 279 g/mol. The first-order valence-corrected chi connectivity index (χ1v) is 6.77. The molecule has 0 fully saturated rings. The molecule has 5 nitrogen and oxygen atoms in total. The fourth-order valence-corrected chi connectivity index (χ4v) is 2.06. The monoisotopic (exact) mass is 279 g/mol. The first kappa shape index (κ1) is 16.5. The van der Waals surface area contributed by atoms with Crippen LogP contribution in [0.3, 0.4) is 0 Å². The molecule has 0 saturated carbocycles. The molecule has 0 saturated heterocycles. The molecule has 0 aromatic heterocycles. The van der Waals surface area contributed by atoms with Gasteiger partial charge in [-0.3, -0.25) is 4.79 Å². The van der Waals surface area contributed by atoms with E-state index in [0.717, 1.165) is 11.3 Å². The summed E-state index contributed by atoms with van der Waals surface area (Å²) >= 11 is 0. The van der Waals surface area contributed by atoms with E-state index in [2.05, 4.69) is 5.32 Å². The largest absolute Gasteiger partial charge is 0.399 e. The van der Waals surface area contributed by atoms with Gasteiger partial charge in [-0.05, 0) is 45.1 Å². The number of carbonyl (C=O) groups excluding carboxylic acids is 1. The number of nitrogens with one attached hydrogen (secondary N) is 1. The molecule has 5 heteroatoms. The van der Waals surface area contributed by atoms with Crippen LogP contribution in [0.1, 0.15) is 18.9 Å². The Kier molecular flexibility index (Phi) is 5.98.